The zero-order valence-corrected chi connectivity index (χ0v) is 6.82. The second-order valence-corrected chi connectivity index (χ2v) is 2.39. The van der Waals surface area contributed by atoms with E-state index in [4.69, 9.17) is 5.11 Å². The van der Waals surface area contributed by atoms with Crippen LogP contribution >= 0.6 is 0 Å². The number of hydrogen-bond donors (Lipinski definition) is 1. The molecular weight excluding hydrogens is 152 g/mol. The summed E-state index contributed by atoms with van der Waals surface area (Å²) in [5, 5.41) is 8.76. The minimum atomic E-state index is -0.885. The summed E-state index contributed by atoms with van der Waals surface area (Å²) in [5.74, 6) is -0.885. The van der Waals surface area contributed by atoms with E-state index in [2.05, 4.69) is 0 Å². The Kier molecular flexibility index (Phi) is 2.64. The van der Waals surface area contributed by atoms with Gasteiger partial charge in [0.05, 0.1) is 5.56 Å². The normalized spacial score (nSPS) is 10.4. The maximum atomic E-state index is 10.7. The molecule has 0 aromatic heterocycles. The van der Waals surface area contributed by atoms with Gasteiger partial charge >= 0.3 is 5.97 Å². The van der Waals surface area contributed by atoms with E-state index in [1.54, 1.807) is 24.3 Å². The summed E-state index contributed by atoms with van der Waals surface area (Å²) in [6, 6.07) is 6.92. The predicted molar refractivity (Wildman–Crippen MR) is 48.1 cm³/mol. The summed E-state index contributed by atoms with van der Waals surface area (Å²) in [6.45, 7) is 1.86. The first kappa shape index (κ1) is 8.53. The van der Waals surface area contributed by atoms with Gasteiger partial charge in [-0.15, -0.1) is 0 Å². The average molecular weight is 162 g/mol. The number of carbonyl (C=O) groups is 1. The monoisotopic (exact) mass is 162 g/mol. The third kappa shape index (κ3) is 1.72. The molecule has 0 radical (unpaired) electrons. The zero-order chi connectivity index (χ0) is 8.97. The van der Waals surface area contributed by atoms with E-state index in [-0.39, 0.29) is 0 Å². The van der Waals surface area contributed by atoms with Gasteiger partial charge in [0.2, 0.25) is 0 Å². The smallest absolute Gasteiger partial charge is 0.336 e. The Morgan fingerprint density at radius 3 is 2.67 bits per heavy atom. The first-order valence-electron chi connectivity index (χ1n) is 3.70. The standard InChI is InChI=1S/C10H10O2/c1-2-5-8-6-3-4-7-9(8)10(11)12/h2-7H,1H3,(H,11,12). The summed E-state index contributed by atoms with van der Waals surface area (Å²) in [5.41, 5.74) is 1.09. The molecule has 2 heteroatoms. The van der Waals surface area contributed by atoms with E-state index >= 15 is 0 Å². The highest BCUT2D eigenvalue weighted by Crippen LogP contribution is 2.10. The van der Waals surface area contributed by atoms with E-state index < -0.39 is 5.97 Å². The van der Waals surface area contributed by atoms with Crippen LogP contribution in [0.1, 0.15) is 22.8 Å². The lowest BCUT2D eigenvalue weighted by molar-refractivity contribution is 0.0696. The number of hydrogen-bond acceptors (Lipinski definition) is 1. The van der Waals surface area contributed by atoms with Crippen LogP contribution in [0.2, 0.25) is 0 Å². The SMILES string of the molecule is CC=Cc1ccccc1C(=O)O. The Morgan fingerprint density at radius 1 is 1.42 bits per heavy atom. The second kappa shape index (κ2) is 3.72. The summed E-state index contributed by atoms with van der Waals surface area (Å²) >= 11 is 0. The number of aromatic carboxylic acids is 1. The number of carboxylic acids is 1. The summed E-state index contributed by atoms with van der Waals surface area (Å²) in [4.78, 5) is 10.7. The second-order valence-electron chi connectivity index (χ2n) is 2.39. The van der Waals surface area contributed by atoms with Crippen molar-refractivity contribution in [2.24, 2.45) is 0 Å². The molecule has 1 rings (SSSR count). The molecule has 0 fully saturated rings. The Balaban J connectivity index is 3.17. The van der Waals surface area contributed by atoms with Gasteiger partial charge in [-0.05, 0) is 18.6 Å². The van der Waals surface area contributed by atoms with Gasteiger partial charge in [-0.2, -0.15) is 0 Å². The van der Waals surface area contributed by atoms with Crippen LogP contribution in [0.25, 0.3) is 6.08 Å². The third-order valence-corrected chi connectivity index (χ3v) is 1.54. The molecule has 1 aromatic rings. The molecule has 0 amide bonds. The lowest BCUT2D eigenvalue weighted by atomic mass is 10.1. The van der Waals surface area contributed by atoms with Crippen molar-refractivity contribution in [3.05, 3.63) is 41.5 Å². The molecule has 0 spiro atoms. The Hall–Kier alpha value is -1.57. The lowest BCUT2D eigenvalue weighted by Gasteiger charge is -1.98. The molecular formula is C10H10O2. The highest BCUT2D eigenvalue weighted by Gasteiger charge is 2.04. The van der Waals surface area contributed by atoms with Crippen molar-refractivity contribution in [1.82, 2.24) is 0 Å². The van der Waals surface area contributed by atoms with Crippen LogP contribution < -0.4 is 0 Å². The highest BCUT2D eigenvalue weighted by atomic mass is 16.4. The summed E-state index contributed by atoms with van der Waals surface area (Å²) in [7, 11) is 0. The van der Waals surface area contributed by atoms with Gasteiger partial charge < -0.3 is 5.11 Å². The van der Waals surface area contributed by atoms with E-state index in [1.165, 1.54) is 0 Å². The van der Waals surface area contributed by atoms with Crippen molar-refractivity contribution in [3.8, 4) is 0 Å². The minimum absolute atomic E-state index is 0.343. The molecule has 0 heterocycles. The topological polar surface area (TPSA) is 37.3 Å². The molecule has 0 atom stereocenters. The molecule has 0 unspecified atom stereocenters. The van der Waals surface area contributed by atoms with E-state index in [1.807, 2.05) is 19.1 Å². The van der Waals surface area contributed by atoms with Crippen LogP contribution in [0.3, 0.4) is 0 Å². The van der Waals surface area contributed by atoms with Gasteiger partial charge in [0.1, 0.15) is 0 Å². The first-order chi connectivity index (χ1) is 5.75. The zero-order valence-electron chi connectivity index (χ0n) is 6.82. The molecule has 0 saturated carbocycles. The van der Waals surface area contributed by atoms with Crippen molar-refractivity contribution >= 4 is 12.0 Å². The molecule has 0 aliphatic rings. The van der Waals surface area contributed by atoms with Gasteiger partial charge in [-0.3, -0.25) is 0 Å². The van der Waals surface area contributed by atoms with Crippen LogP contribution in [-0.4, -0.2) is 11.1 Å². The van der Waals surface area contributed by atoms with Crippen LogP contribution in [0.5, 0.6) is 0 Å². The fourth-order valence-electron chi connectivity index (χ4n) is 1.02. The average Bonchev–Trinajstić information content (AvgIpc) is 2.05. The number of benzene rings is 1. The lowest BCUT2D eigenvalue weighted by Crippen LogP contribution is -1.98. The van der Waals surface area contributed by atoms with Gasteiger partial charge in [0, 0.05) is 0 Å². The van der Waals surface area contributed by atoms with E-state index in [0.717, 1.165) is 5.56 Å². The largest absolute Gasteiger partial charge is 0.478 e. The molecule has 62 valence electrons. The van der Waals surface area contributed by atoms with Gasteiger partial charge in [-0.25, -0.2) is 4.79 Å². The summed E-state index contributed by atoms with van der Waals surface area (Å²) < 4.78 is 0. The van der Waals surface area contributed by atoms with E-state index in [0.29, 0.717) is 5.56 Å². The fraction of sp³-hybridized carbons (Fsp3) is 0.100. The maximum Gasteiger partial charge on any atom is 0.336 e. The van der Waals surface area contributed by atoms with E-state index in [9.17, 15) is 4.79 Å². The van der Waals surface area contributed by atoms with Crippen molar-refractivity contribution in [3.63, 3.8) is 0 Å². The maximum absolute atomic E-state index is 10.7. The summed E-state index contributed by atoms with van der Waals surface area (Å²) in [6.07, 6.45) is 3.60. The van der Waals surface area contributed by atoms with Crippen molar-refractivity contribution in [1.29, 1.82) is 0 Å². The number of allylic oxidation sites excluding steroid dienone is 1. The fourth-order valence-corrected chi connectivity index (χ4v) is 1.02. The Labute approximate surface area is 71.2 Å². The molecule has 2 nitrogen and oxygen atoms in total. The Bertz CT molecular complexity index is 313. The predicted octanol–water partition coefficient (Wildman–Crippen LogP) is 2.42. The third-order valence-electron chi connectivity index (χ3n) is 1.54. The van der Waals surface area contributed by atoms with Crippen LogP contribution in [-0.2, 0) is 0 Å². The number of carboxylic acid groups (broad SMARTS) is 1. The molecule has 1 N–H and O–H groups in total. The molecule has 0 bridgehead atoms. The van der Waals surface area contributed by atoms with Crippen molar-refractivity contribution in [2.75, 3.05) is 0 Å². The van der Waals surface area contributed by atoms with Crippen LogP contribution in [0.15, 0.2) is 30.3 Å². The quantitative estimate of drug-likeness (QED) is 0.725. The number of rotatable bonds is 2. The Morgan fingerprint density at radius 2 is 2.08 bits per heavy atom. The first-order valence-corrected chi connectivity index (χ1v) is 3.70. The van der Waals surface area contributed by atoms with Crippen LogP contribution in [0, 0.1) is 0 Å². The van der Waals surface area contributed by atoms with Crippen molar-refractivity contribution in [2.45, 2.75) is 6.92 Å². The minimum Gasteiger partial charge on any atom is -0.478 e. The molecule has 0 aliphatic heterocycles. The van der Waals surface area contributed by atoms with Gasteiger partial charge in [-0.1, -0.05) is 30.4 Å². The molecule has 0 saturated heterocycles. The molecule has 0 aliphatic carbocycles. The molecule has 1 aromatic carbocycles. The molecule has 12 heavy (non-hydrogen) atoms. The highest BCUT2D eigenvalue weighted by molar-refractivity contribution is 5.92. The van der Waals surface area contributed by atoms with Crippen LogP contribution in [0.4, 0.5) is 0 Å². The van der Waals surface area contributed by atoms with Gasteiger partial charge in [0.15, 0.2) is 0 Å². The van der Waals surface area contributed by atoms with Crippen molar-refractivity contribution < 1.29 is 9.90 Å². The van der Waals surface area contributed by atoms with Gasteiger partial charge in [0.25, 0.3) is 0 Å².